The van der Waals surface area contributed by atoms with Crippen molar-refractivity contribution in [3.63, 3.8) is 0 Å². The average Bonchev–Trinajstić information content (AvgIpc) is 3.15. The second-order valence-electron chi connectivity index (χ2n) is 8.07. The molecule has 0 radical (unpaired) electrons. The van der Waals surface area contributed by atoms with Gasteiger partial charge in [0.15, 0.2) is 6.10 Å². The van der Waals surface area contributed by atoms with Crippen molar-refractivity contribution in [1.82, 2.24) is 4.57 Å². The van der Waals surface area contributed by atoms with Crippen LogP contribution in [0.25, 0.3) is 5.69 Å². The molecule has 7 heteroatoms. The standard InChI is InChI=1S/C28H25FN2O4/c1-18-17-26(19(2)31(18)23-13-9-21(29)10-14-23)28(33)34-20(3)27(32)30-22-11-15-25(16-12-22)35-24-7-5-4-6-8-24/h4-17,20H,1-3H3,(H,30,32). The van der Waals surface area contributed by atoms with E-state index in [1.54, 1.807) is 49.4 Å². The fourth-order valence-electron chi connectivity index (χ4n) is 3.71. The Hall–Kier alpha value is -4.39. The predicted octanol–water partition coefficient (Wildman–Crippen LogP) is 6.21. The molecule has 1 amide bonds. The van der Waals surface area contributed by atoms with E-state index in [-0.39, 0.29) is 5.82 Å². The number of benzene rings is 3. The Kier molecular flexibility index (Phi) is 6.96. The van der Waals surface area contributed by atoms with Gasteiger partial charge < -0.3 is 19.4 Å². The van der Waals surface area contributed by atoms with Crippen LogP contribution in [0, 0.1) is 19.7 Å². The van der Waals surface area contributed by atoms with E-state index in [2.05, 4.69) is 5.32 Å². The first-order valence-electron chi connectivity index (χ1n) is 11.1. The minimum absolute atomic E-state index is 0.339. The van der Waals surface area contributed by atoms with E-state index in [0.29, 0.717) is 28.4 Å². The fourth-order valence-corrected chi connectivity index (χ4v) is 3.71. The zero-order valence-corrected chi connectivity index (χ0v) is 19.6. The van der Waals surface area contributed by atoms with Crippen molar-refractivity contribution in [2.24, 2.45) is 0 Å². The molecule has 3 aromatic carbocycles. The molecule has 35 heavy (non-hydrogen) atoms. The highest BCUT2D eigenvalue weighted by molar-refractivity contribution is 5.98. The Bertz CT molecular complexity index is 1330. The van der Waals surface area contributed by atoms with Gasteiger partial charge in [-0.05, 0) is 87.5 Å². The number of carbonyl (C=O) groups excluding carboxylic acids is 2. The summed E-state index contributed by atoms with van der Waals surface area (Å²) in [6.45, 7) is 5.13. The fraction of sp³-hybridized carbons (Fsp3) is 0.143. The summed E-state index contributed by atoms with van der Waals surface area (Å²) in [5.41, 5.74) is 3.05. The zero-order chi connectivity index (χ0) is 24.9. The maximum absolute atomic E-state index is 13.3. The second-order valence-corrected chi connectivity index (χ2v) is 8.07. The molecule has 0 saturated carbocycles. The maximum Gasteiger partial charge on any atom is 0.340 e. The topological polar surface area (TPSA) is 69.6 Å². The second kappa shape index (κ2) is 10.3. The Labute approximate surface area is 202 Å². The molecule has 0 saturated heterocycles. The molecule has 1 heterocycles. The first-order valence-corrected chi connectivity index (χ1v) is 11.1. The van der Waals surface area contributed by atoms with Crippen LogP contribution in [-0.2, 0) is 9.53 Å². The van der Waals surface area contributed by atoms with Gasteiger partial charge in [-0.25, -0.2) is 9.18 Å². The van der Waals surface area contributed by atoms with Crippen LogP contribution in [0.2, 0.25) is 0 Å². The van der Waals surface area contributed by atoms with Crippen molar-refractivity contribution in [3.8, 4) is 17.2 Å². The molecule has 6 nitrogen and oxygen atoms in total. The number of amides is 1. The Morgan fingerprint density at radius 1 is 0.886 bits per heavy atom. The van der Waals surface area contributed by atoms with Crippen molar-refractivity contribution in [2.45, 2.75) is 26.9 Å². The number of aryl methyl sites for hydroxylation is 1. The molecule has 1 N–H and O–H groups in total. The van der Waals surface area contributed by atoms with Gasteiger partial charge in [-0.2, -0.15) is 0 Å². The number of ether oxygens (including phenoxy) is 2. The van der Waals surface area contributed by atoms with E-state index in [1.165, 1.54) is 19.1 Å². The first-order chi connectivity index (χ1) is 16.8. The van der Waals surface area contributed by atoms with Crippen LogP contribution >= 0.6 is 0 Å². The van der Waals surface area contributed by atoms with Crippen molar-refractivity contribution in [3.05, 3.63) is 108 Å². The molecule has 0 aliphatic rings. The zero-order valence-electron chi connectivity index (χ0n) is 19.6. The van der Waals surface area contributed by atoms with Crippen LogP contribution in [0.15, 0.2) is 84.9 Å². The van der Waals surface area contributed by atoms with Crippen molar-refractivity contribution < 1.29 is 23.5 Å². The summed E-state index contributed by atoms with van der Waals surface area (Å²) in [5.74, 6) is -0.0639. The molecule has 178 valence electrons. The third-order valence-electron chi connectivity index (χ3n) is 5.49. The van der Waals surface area contributed by atoms with Crippen LogP contribution < -0.4 is 10.1 Å². The largest absolute Gasteiger partial charge is 0.457 e. The number of hydrogen-bond donors (Lipinski definition) is 1. The van der Waals surface area contributed by atoms with Gasteiger partial charge in [0.05, 0.1) is 5.56 Å². The number of nitrogens with zero attached hydrogens (tertiary/aromatic N) is 1. The number of halogens is 1. The third-order valence-corrected chi connectivity index (χ3v) is 5.49. The molecule has 1 atom stereocenters. The molecule has 0 bridgehead atoms. The summed E-state index contributed by atoms with van der Waals surface area (Å²) in [7, 11) is 0. The highest BCUT2D eigenvalue weighted by atomic mass is 19.1. The molecular formula is C28H25FN2O4. The van der Waals surface area contributed by atoms with Crippen LogP contribution in [0.5, 0.6) is 11.5 Å². The van der Waals surface area contributed by atoms with Gasteiger partial charge in [-0.1, -0.05) is 18.2 Å². The maximum atomic E-state index is 13.3. The third kappa shape index (κ3) is 5.58. The lowest BCUT2D eigenvalue weighted by atomic mass is 10.2. The normalized spacial score (nSPS) is 11.5. The summed E-state index contributed by atoms with van der Waals surface area (Å²) in [6, 6.07) is 24.0. The Balaban J connectivity index is 1.38. The first kappa shape index (κ1) is 23.8. The Morgan fingerprint density at radius 3 is 2.17 bits per heavy atom. The molecule has 4 aromatic rings. The van der Waals surface area contributed by atoms with Gasteiger partial charge in [0.25, 0.3) is 5.91 Å². The molecule has 0 spiro atoms. The molecule has 0 aliphatic heterocycles. The highest BCUT2D eigenvalue weighted by Gasteiger charge is 2.23. The lowest BCUT2D eigenvalue weighted by Crippen LogP contribution is -2.30. The van der Waals surface area contributed by atoms with Gasteiger partial charge in [-0.3, -0.25) is 4.79 Å². The Morgan fingerprint density at radius 2 is 1.51 bits per heavy atom. The number of hydrogen-bond acceptors (Lipinski definition) is 4. The minimum atomic E-state index is -1.02. The highest BCUT2D eigenvalue weighted by Crippen LogP contribution is 2.24. The predicted molar refractivity (Wildman–Crippen MR) is 132 cm³/mol. The molecule has 1 unspecified atom stereocenters. The number of aromatic nitrogens is 1. The molecule has 0 aliphatic carbocycles. The van der Waals surface area contributed by atoms with E-state index in [0.717, 1.165) is 11.4 Å². The number of esters is 1. The van der Waals surface area contributed by atoms with Crippen LogP contribution in [0.4, 0.5) is 10.1 Å². The van der Waals surface area contributed by atoms with Gasteiger partial charge in [0, 0.05) is 22.8 Å². The number of nitrogens with one attached hydrogen (secondary N) is 1. The lowest BCUT2D eigenvalue weighted by molar-refractivity contribution is -0.123. The SMILES string of the molecule is Cc1cc(C(=O)OC(C)C(=O)Nc2ccc(Oc3ccccc3)cc2)c(C)n1-c1ccc(F)cc1. The van der Waals surface area contributed by atoms with E-state index >= 15 is 0 Å². The lowest BCUT2D eigenvalue weighted by Gasteiger charge is -2.14. The summed E-state index contributed by atoms with van der Waals surface area (Å²) in [5, 5.41) is 2.74. The smallest absolute Gasteiger partial charge is 0.340 e. The van der Waals surface area contributed by atoms with Crippen LogP contribution in [-0.4, -0.2) is 22.5 Å². The number of carbonyl (C=O) groups is 2. The van der Waals surface area contributed by atoms with Crippen LogP contribution in [0.1, 0.15) is 28.7 Å². The molecular weight excluding hydrogens is 447 g/mol. The average molecular weight is 473 g/mol. The summed E-state index contributed by atoms with van der Waals surface area (Å²) < 4.78 is 26.3. The minimum Gasteiger partial charge on any atom is -0.457 e. The summed E-state index contributed by atoms with van der Waals surface area (Å²) in [6.07, 6.45) is -1.02. The van der Waals surface area contributed by atoms with E-state index in [4.69, 9.17) is 9.47 Å². The van der Waals surface area contributed by atoms with Crippen molar-refractivity contribution in [1.29, 1.82) is 0 Å². The van der Waals surface area contributed by atoms with Gasteiger partial charge >= 0.3 is 5.97 Å². The van der Waals surface area contributed by atoms with Crippen molar-refractivity contribution >= 4 is 17.6 Å². The van der Waals surface area contributed by atoms with Gasteiger partial charge in [-0.15, -0.1) is 0 Å². The summed E-state index contributed by atoms with van der Waals surface area (Å²) >= 11 is 0. The molecule has 0 fully saturated rings. The number of rotatable bonds is 7. The molecule has 1 aromatic heterocycles. The van der Waals surface area contributed by atoms with Crippen LogP contribution in [0.3, 0.4) is 0 Å². The molecule has 4 rings (SSSR count). The quantitative estimate of drug-likeness (QED) is 0.325. The van der Waals surface area contributed by atoms with E-state index in [9.17, 15) is 14.0 Å². The van der Waals surface area contributed by atoms with Gasteiger partial charge in [0.1, 0.15) is 17.3 Å². The van der Waals surface area contributed by atoms with Gasteiger partial charge in [0.2, 0.25) is 0 Å². The monoisotopic (exact) mass is 472 g/mol. The van der Waals surface area contributed by atoms with Crippen molar-refractivity contribution in [2.75, 3.05) is 5.32 Å². The summed E-state index contributed by atoms with van der Waals surface area (Å²) in [4.78, 5) is 25.4. The van der Waals surface area contributed by atoms with E-state index in [1.807, 2.05) is 41.8 Å². The number of anilines is 1. The van der Waals surface area contributed by atoms with E-state index < -0.39 is 18.0 Å². The number of para-hydroxylation sites is 1.